The van der Waals surface area contributed by atoms with Gasteiger partial charge in [0.15, 0.2) is 0 Å². The number of rotatable bonds is 4. The van der Waals surface area contributed by atoms with Crippen LogP contribution in [0, 0.1) is 11.8 Å². The Labute approximate surface area is 143 Å². The van der Waals surface area contributed by atoms with Crippen molar-refractivity contribution in [3.05, 3.63) is 0 Å². The topological polar surface area (TPSA) is 90.0 Å². The lowest BCUT2D eigenvalue weighted by Gasteiger charge is -2.38. The molecule has 24 heavy (non-hydrogen) atoms. The molecule has 0 spiro atoms. The first-order valence-electron chi connectivity index (χ1n) is 8.83. The number of nitrogens with zero attached hydrogens (tertiary/aromatic N) is 2. The third kappa shape index (κ3) is 3.82. The second-order valence-electron chi connectivity index (χ2n) is 7.54. The third-order valence-electron chi connectivity index (χ3n) is 5.09. The molecule has 2 aliphatic heterocycles. The SMILES string of the molecule is CC(C)CNC(=O)N1CCCC(C(=O)N2CCCC2(C)C(=O)O)C1. The van der Waals surface area contributed by atoms with Gasteiger partial charge in [0.1, 0.15) is 5.54 Å². The summed E-state index contributed by atoms with van der Waals surface area (Å²) in [5.41, 5.74) is -1.11. The summed E-state index contributed by atoms with van der Waals surface area (Å²) < 4.78 is 0. The Bertz CT molecular complexity index is 508. The lowest BCUT2D eigenvalue weighted by Crippen LogP contribution is -2.55. The van der Waals surface area contributed by atoms with E-state index in [9.17, 15) is 19.5 Å². The number of carbonyl (C=O) groups is 3. The normalized spacial score (nSPS) is 27.4. The molecular formula is C17H29N3O4. The maximum absolute atomic E-state index is 12.9. The number of carboxylic acids is 1. The van der Waals surface area contributed by atoms with E-state index in [-0.39, 0.29) is 17.9 Å². The number of carbonyl (C=O) groups excluding carboxylic acids is 2. The molecule has 7 heteroatoms. The van der Waals surface area contributed by atoms with Crippen molar-refractivity contribution in [3.8, 4) is 0 Å². The predicted molar refractivity (Wildman–Crippen MR) is 89.5 cm³/mol. The summed E-state index contributed by atoms with van der Waals surface area (Å²) in [5.74, 6) is -1.01. The molecule has 0 aromatic rings. The molecule has 0 radical (unpaired) electrons. The van der Waals surface area contributed by atoms with Gasteiger partial charge in [-0.1, -0.05) is 13.8 Å². The number of nitrogens with one attached hydrogen (secondary N) is 1. The average Bonchev–Trinajstić information content (AvgIpc) is 2.95. The molecule has 0 aromatic carbocycles. The highest BCUT2D eigenvalue weighted by Crippen LogP contribution is 2.32. The zero-order chi connectivity index (χ0) is 17.9. The van der Waals surface area contributed by atoms with E-state index in [1.807, 2.05) is 13.8 Å². The molecule has 0 aliphatic carbocycles. The van der Waals surface area contributed by atoms with Crippen molar-refractivity contribution < 1.29 is 19.5 Å². The first-order valence-corrected chi connectivity index (χ1v) is 8.83. The molecular weight excluding hydrogens is 310 g/mol. The molecule has 136 valence electrons. The Morgan fingerprint density at radius 3 is 2.58 bits per heavy atom. The Morgan fingerprint density at radius 1 is 1.25 bits per heavy atom. The lowest BCUT2D eigenvalue weighted by atomic mass is 9.93. The highest BCUT2D eigenvalue weighted by atomic mass is 16.4. The second kappa shape index (κ2) is 7.40. The van der Waals surface area contributed by atoms with Crippen molar-refractivity contribution in [2.75, 3.05) is 26.2 Å². The quantitative estimate of drug-likeness (QED) is 0.813. The van der Waals surface area contributed by atoms with Crippen molar-refractivity contribution >= 4 is 17.9 Å². The minimum atomic E-state index is -1.11. The molecule has 2 aliphatic rings. The minimum Gasteiger partial charge on any atom is -0.480 e. The predicted octanol–water partition coefficient (Wildman–Crippen LogP) is 1.53. The molecule has 3 amide bonds. The molecule has 0 aromatic heterocycles. The Balaban J connectivity index is 2.00. The highest BCUT2D eigenvalue weighted by Gasteiger charge is 2.47. The van der Waals surface area contributed by atoms with Gasteiger partial charge >= 0.3 is 12.0 Å². The molecule has 2 rings (SSSR count). The molecule has 2 saturated heterocycles. The van der Waals surface area contributed by atoms with Crippen molar-refractivity contribution in [2.45, 2.75) is 52.0 Å². The van der Waals surface area contributed by atoms with Crippen LogP contribution in [0.15, 0.2) is 0 Å². The Kier molecular flexibility index (Phi) is 5.72. The monoisotopic (exact) mass is 339 g/mol. The third-order valence-corrected chi connectivity index (χ3v) is 5.09. The molecule has 7 nitrogen and oxygen atoms in total. The maximum Gasteiger partial charge on any atom is 0.329 e. The van der Waals surface area contributed by atoms with Crippen LogP contribution in [0.25, 0.3) is 0 Å². The van der Waals surface area contributed by atoms with Gasteiger partial charge in [-0.25, -0.2) is 9.59 Å². The van der Waals surface area contributed by atoms with Crippen LogP contribution in [0.5, 0.6) is 0 Å². The number of carboxylic acid groups (broad SMARTS) is 1. The van der Waals surface area contributed by atoms with Crippen molar-refractivity contribution in [1.82, 2.24) is 15.1 Å². The fourth-order valence-corrected chi connectivity index (χ4v) is 3.53. The summed E-state index contributed by atoms with van der Waals surface area (Å²) in [5, 5.41) is 12.4. The van der Waals surface area contributed by atoms with Gasteiger partial charge in [-0.05, 0) is 38.5 Å². The number of piperidine rings is 1. The van der Waals surface area contributed by atoms with Crippen molar-refractivity contribution in [3.63, 3.8) is 0 Å². The zero-order valence-electron chi connectivity index (χ0n) is 14.9. The highest BCUT2D eigenvalue weighted by molar-refractivity contribution is 5.89. The molecule has 2 fully saturated rings. The van der Waals surface area contributed by atoms with Crippen LogP contribution >= 0.6 is 0 Å². The molecule has 2 unspecified atom stereocenters. The number of aliphatic carboxylic acids is 1. The smallest absolute Gasteiger partial charge is 0.329 e. The van der Waals surface area contributed by atoms with E-state index < -0.39 is 11.5 Å². The number of hydrogen-bond donors (Lipinski definition) is 2. The van der Waals surface area contributed by atoms with E-state index in [4.69, 9.17) is 0 Å². The van der Waals surface area contributed by atoms with E-state index in [1.165, 1.54) is 4.90 Å². The van der Waals surface area contributed by atoms with Crippen LogP contribution in [0.4, 0.5) is 4.79 Å². The van der Waals surface area contributed by atoms with Crippen LogP contribution in [0.2, 0.25) is 0 Å². The first kappa shape index (κ1) is 18.5. The zero-order valence-corrected chi connectivity index (χ0v) is 14.9. The second-order valence-corrected chi connectivity index (χ2v) is 7.54. The van der Waals surface area contributed by atoms with Gasteiger partial charge in [0.25, 0.3) is 0 Å². The van der Waals surface area contributed by atoms with Crippen LogP contribution in [0.1, 0.15) is 46.5 Å². The molecule has 0 saturated carbocycles. The summed E-state index contributed by atoms with van der Waals surface area (Å²) in [6, 6.07) is -0.136. The van der Waals surface area contributed by atoms with Gasteiger partial charge in [-0.15, -0.1) is 0 Å². The molecule has 2 N–H and O–H groups in total. The summed E-state index contributed by atoms with van der Waals surface area (Å²) in [6.45, 7) is 7.79. The van der Waals surface area contributed by atoms with Gasteiger partial charge < -0.3 is 20.2 Å². The van der Waals surface area contributed by atoms with Crippen LogP contribution in [0.3, 0.4) is 0 Å². The molecule has 0 bridgehead atoms. The van der Waals surface area contributed by atoms with Gasteiger partial charge in [0.2, 0.25) is 5.91 Å². The summed E-state index contributed by atoms with van der Waals surface area (Å²) >= 11 is 0. The molecule has 2 heterocycles. The first-order chi connectivity index (χ1) is 11.3. The van der Waals surface area contributed by atoms with Crippen LogP contribution < -0.4 is 5.32 Å². The number of likely N-dealkylation sites (tertiary alicyclic amines) is 2. The Morgan fingerprint density at radius 2 is 1.96 bits per heavy atom. The van der Waals surface area contributed by atoms with Crippen molar-refractivity contribution in [2.24, 2.45) is 11.8 Å². The van der Waals surface area contributed by atoms with Gasteiger partial charge in [-0.3, -0.25) is 4.79 Å². The summed E-state index contributed by atoms with van der Waals surface area (Å²) in [6.07, 6.45) is 2.67. The van der Waals surface area contributed by atoms with Crippen LogP contribution in [-0.4, -0.2) is 64.5 Å². The average molecular weight is 339 g/mol. The van der Waals surface area contributed by atoms with Gasteiger partial charge in [-0.2, -0.15) is 0 Å². The van der Waals surface area contributed by atoms with E-state index >= 15 is 0 Å². The number of urea groups is 1. The fraction of sp³-hybridized carbons (Fsp3) is 0.824. The molecule has 2 atom stereocenters. The Hall–Kier alpha value is -1.79. The van der Waals surface area contributed by atoms with E-state index in [0.29, 0.717) is 51.4 Å². The number of hydrogen-bond acceptors (Lipinski definition) is 3. The van der Waals surface area contributed by atoms with Gasteiger partial charge in [0.05, 0.1) is 5.92 Å². The van der Waals surface area contributed by atoms with Crippen LogP contribution in [-0.2, 0) is 9.59 Å². The van der Waals surface area contributed by atoms with E-state index in [2.05, 4.69) is 5.32 Å². The van der Waals surface area contributed by atoms with Crippen molar-refractivity contribution in [1.29, 1.82) is 0 Å². The summed E-state index contributed by atoms with van der Waals surface area (Å²) in [4.78, 5) is 39.8. The van der Waals surface area contributed by atoms with Gasteiger partial charge in [0, 0.05) is 26.2 Å². The number of amides is 3. The fourth-order valence-electron chi connectivity index (χ4n) is 3.53. The van der Waals surface area contributed by atoms with E-state index in [0.717, 1.165) is 6.42 Å². The lowest BCUT2D eigenvalue weighted by molar-refractivity contribution is -0.157. The minimum absolute atomic E-state index is 0.126. The largest absolute Gasteiger partial charge is 0.480 e. The maximum atomic E-state index is 12.9. The standard InChI is InChI=1S/C17H29N3O4/c1-12(2)10-18-16(24)19-8-4-6-13(11-19)14(21)20-9-5-7-17(20,3)15(22)23/h12-13H,4-11H2,1-3H3,(H,18,24)(H,22,23). The summed E-state index contributed by atoms with van der Waals surface area (Å²) in [7, 11) is 0. The van der Waals surface area contributed by atoms with E-state index in [1.54, 1.807) is 11.8 Å².